The lowest BCUT2D eigenvalue weighted by Crippen LogP contribution is -2.28. The van der Waals surface area contributed by atoms with E-state index in [9.17, 15) is 18.0 Å². The Morgan fingerprint density at radius 2 is 1.93 bits per heavy atom. The van der Waals surface area contributed by atoms with Crippen molar-refractivity contribution in [2.45, 2.75) is 18.7 Å². The number of alkyl halides is 3. The average Bonchev–Trinajstić information content (AvgIpc) is 3.17. The maximum atomic E-state index is 12.8. The highest BCUT2D eigenvalue weighted by molar-refractivity contribution is 6.08. The summed E-state index contributed by atoms with van der Waals surface area (Å²) in [6.07, 6.45) is -5.33. The molecule has 2 aromatic rings. The number of hydrogen-bond donors (Lipinski definition) is 1. The molecule has 0 fully saturated rings. The lowest BCUT2D eigenvalue weighted by atomic mass is 10.0. The topological polar surface area (TPSA) is 69.2 Å². The molecule has 0 saturated heterocycles. The highest BCUT2D eigenvalue weighted by Gasteiger charge is 2.33. The number of hydrogen-bond acceptors (Lipinski definition) is 5. The maximum Gasteiger partial charge on any atom is 0.416 e. The van der Waals surface area contributed by atoms with Crippen LogP contribution in [0.3, 0.4) is 0 Å². The zero-order chi connectivity index (χ0) is 20.3. The number of anilines is 1. The van der Waals surface area contributed by atoms with Crippen LogP contribution in [0.15, 0.2) is 47.6 Å². The molecule has 3 rings (SSSR count). The van der Waals surface area contributed by atoms with Crippen molar-refractivity contribution >= 4 is 17.3 Å². The summed E-state index contributed by atoms with van der Waals surface area (Å²) >= 11 is 0. The standard InChI is InChI=1S/C19H17F3N2O4/c1-26-15-8-4-7-13(17(15)27-2)14-10-16(28-24-14)18(25)23-12-6-3-5-11(9-12)19(20,21)22/h3-9,16H,10H2,1-2H3,(H,23,25). The third kappa shape index (κ3) is 4.03. The number of ether oxygens (including phenoxy) is 2. The van der Waals surface area contributed by atoms with Crippen molar-refractivity contribution in [2.24, 2.45) is 5.16 Å². The van der Waals surface area contributed by atoms with Crippen LogP contribution in [0.2, 0.25) is 0 Å². The highest BCUT2D eigenvalue weighted by Crippen LogP contribution is 2.34. The fourth-order valence-corrected chi connectivity index (χ4v) is 2.79. The number of halogens is 3. The first kappa shape index (κ1) is 19.5. The molecule has 0 saturated carbocycles. The number of carbonyl (C=O) groups excluding carboxylic acids is 1. The summed E-state index contributed by atoms with van der Waals surface area (Å²) in [7, 11) is 2.98. The van der Waals surface area contributed by atoms with Gasteiger partial charge in [-0.05, 0) is 30.3 Å². The number of methoxy groups -OCH3 is 2. The summed E-state index contributed by atoms with van der Waals surface area (Å²) < 4.78 is 49.0. The van der Waals surface area contributed by atoms with Crippen LogP contribution in [-0.4, -0.2) is 31.9 Å². The number of oxime groups is 1. The Morgan fingerprint density at radius 1 is 1.18 bits per heavy atom. The molecule has 28 heavy (non-hydrogen) atoms. The van der Waals surface area contributed by atoms with E-state index in [0.717, 1.165) is 12.1 Å². The normalized spacial score (nSPS) is 16.2. The van der Waals surface area contributed by atoms with Crippen LogP contribution in [0.1, 0.15) is 17.5 Å². The van der Waals surface area contributed by atoms with Gasteiger partial charge in [-0.15, -0.1) is 0 Å². The van der Waals surface area contributed by atoms with E-state index in [2.05, 4.69) is 10.5 Å². The molecule has 2 aromatic carbocycles. The highest BCUT2D eigenvalue weighted by atomic mass is 19.4. The Balaban J connectivity index is 1.71. The van der Waals surface area contributed by atoms with Crippen molar-refractivity contribution in [3.63, 3.8) is 0 Å². The summed E-state index contributed by atoms with van der Waals surface area (Å²) in [5.41, 5.74) is 0.252. The molecule has 1 amide bonds. The summed E-state index contributed by atoms with van der Waals surface area (Å²) in [5.74, 6) is 0.353. The third-order valence-corrected chi connectivity index (χ3v) is 4.13. The zero-order valence-electron chi connectivity index (χ0n) is 15.0. The molecule has 9 heteroatoms. The van der Waals surface area contributed by atoms with Gasteiger partial charge in [0.1, 0.15) is 0 Å². The van der Waals surface area contributed by atoms with Gasteiger partial charge in [0.05, 0.1) is 25.5 Å². The summed E-state index contributed by atoms with van der Waals surface area (Å²) in [5, 5.41) is 6.36. The Bertz CT molecular complexity index is 912. The van der Waals surface area contributed by atoms with Gasteiger partial charge in [0, 0.05) is 17.7 Å². The van der Waals surface area contributed by atoms with E-state index in [0.29, 0.717) is 22.8 Å². The molecule has 1 unspecified atom stereocenters. The quantitative estimate of drug-likeness (QED) is 0.836. The predicted octanol–water partition coefficient (Wildman–Crippen LogP) is 3.85. The summed E-state index contributed by atoms with van der Waals surface area (Å²) in [6, 6.07) is 9.59. The molecule has 0 radical (unpaired) electrons. The van der Waals surface area contributed by atoms with E-state index in [4.69, 9.17) is 14.3 Å². The minimum atomic E-state index is -4.50. The molecule has 148 valence electrons. The second kappa shape index (κ2) is 7.79. The Kier molecular flexibility index (Phi) is 5.43. The number of benzene rings is 2. The second-order valence-electron chi connectivity index (χ2n) is 5.95. The Morgan fingerprint density at radius 3 is 2.61 bits per heavy atom. The lowest BCUT2D eigenvalue weighted by Gasteiger charge is -2.13. The van der Waals surface area contributed by atoms with E-state index in [-0.39, 0.29) is 12.1 Å². The van der Waals surface area contributed by atoms with Crippen LogP contribution in [-0.2, 0) is 15.8 Å². The van der Waals surface area contributed by atoms with Crippen LogP contribution < -0.4 is 14.8 Å². The van der Waals surface area contributed by atoms with E-state index in [1.54, 1.807) is 18.2 Å². The smallest absolute Gasteiger partial charge is 0.416 e. The first-order valence-corrected chi connectivity index (χ1v) is 8.25. The van der Waals surface area contributed by atoms with Crippen LogP contribution in [0, 0.1) is 0 Å². The van der Waals surface area contributed by atoms with Crippen molar-refractivity contribution in [2.75, 3.05) is 19.5 Å². The van der Waals surface area contributed by atoms with Crippen molar-refractivity contribution in [1.29, 1.82) is 0 Å². The van der Waals surface area contributed by atoms with Gasteiger partial charge in [-0.3, -0.25) is 4.79 Å². The first-order valence-electron chi connectivity index (χ1n) is 8.25. The second-order valence-corrected chi connectivity index (χ2v) is 5.95. The van der Waals surface area contributed by atoms with E-state index >= 15 is 0 Å². The molecule has 1 N–H and O–H groups in total. The molecule has 0 bridgehead atoms. The fraction of sp³-hybridized carbons (Fsp3) is 0.263. The number of amides is 1. The molecule has 1 aliphatic heterocycles. The Labute approximate surface area is 158 Å². The summed E-state index contributed by atoms with van der Waals surface area (Å²) in [4.78, 5) is 17.6. The van der Waals surface area contributed by atoms with Gasteiger partial charge in [0.15, 0.2) is 11.5 Å². The minimum absolute atomic E-state index is 0.0239. The monoisotopic (exact) mass is 394 g/mol. The van der Waals surface area contributed by atoms with E-state index < -0.39 is 23.8 Å². The van der Waals surface area contributed by atoms with Gasteiger partial charge in [0.2, 0.25) is 6.10 Å². The molecule has 0 spiro atoms. The molecule has 1 heterocycles. The largest absolute Gasteiger partial charge is 0.493 e. The van der Waals surface area contributed by atoms with Gasteiger partial charge in [-0.1, -0.05) is 17.3 Å². The number of carbonyl (C=O) groups is 1. The summed E-state index contributed by atoms with van der Waals surface area (Å²) in [6.45, 7) is 0. The van der Waals surface area contributed by atoms with Gasteiger partial charge < -0.3 is 19.6 Å². The molecule has 0 aromatic heterocycles. The van der Waals surface area contributed by atoms with Crippen molar-refractivity contribution in [3.05, 3.63) is 53.6 Å². The number of nitrogens with zero attached hydrogens (tertiary/aromatic N) is 1. The van der Waals surface area contributed by atoms with Crippen molar-refractivity contribution in [1.82, 2.24) is 0 Å². The predicted molar refractivity (Wildman–Crippen MR) is 95.6 cm³/mol. The van der Waals surface area contributed by atoms with Crippen LogP contribution in [0.25, 0.3) is 0 Å². The number of rotatable bonds is 5. The maximum absolute atomic E-state index is 12.8. The minimum Gasteiger partial charge on any atom is -0.493 e. The van der Waals surface area contributed by atoms with Crippen molar-refractivity contribution < 1.29 is 32.3 Å². The molecule has 1 aliphatic rings. The molecular weight excluding hydrogens is 377 g/mol. The zero-order valence-corrected chi connectivity index (χ0v) is 15.0. The van der Waals surface area contributed by atoms with Gasteiger partial charge in [-0.2, -0.15) is 13.2 Å². The lowest BCUT2D eigenvalue weighted by molar-refractivity contribution is -0.137. The number of para-hydroxylation sites is 1. The molecule has 6 nitrogen and oxygen atoms in total. The molecule has 0 aliphatic carbocycles. The van der Waals surface area contributed by atoms with Crippen LogP contribution in [0.5, 0.6) is 11.5 Å². The first-order chi connectivity index (χ1) is 13.3. The van der Waals surface area contributed by atoms with E-state index in [1.807, 2.05) is 0 Å². The Hall–Kier alpha value is -3.23. The van der Waals surface area contributed by atoms with Gasteiger partial charge in [0.25, 0.3) is 5.91 Å². The SMILES string of the molecule is COc1cccc(C2=NOC(C(=O)Nc3cccc(C(F)(F)F)c3)C2)c1OC. The van der Waals surface area contributed by atoms with Gasteiger partial charge in [-0.25, -0.2) is 0 Å². The number of nitrogens with one attached hydrogen (secondary N) is 1. The van der Waals surface area contributed by atoms with Crippen LogP contribution >= 0.6 is 0 Å². The fourth-order valence-electron chi connectivity index (χ4n) is 2.79. The van der Waals surface area contributed by atoms with E-state index in [1.165, 1.54) is 26.4 Å². The van der Waals surface area contributed by atoms with Crippen molar-refractivity contribution in [3.8, 4) is 11.5 Å². The van der Waals surface area contributed by atoms with Crippen LogP contribution in [0.4, 0.5) is 18.9 Å². The molecule has 1 atom stereocenters. The average molecular weight is 394 g/mol. The molecular formula is C19H17F3N2O4. The van der Waals surface area contributed by atoms with Gasteiger partial charge >= 0.3 is 6.18 Å². The third-order valence-electron chi connectivity index (χ3n) is 4.13.